The van der Waals surface area contributed by atoms with Crippen LogP contribution in [0.3, 0.4) is 0 Å². The average molecular weight is 256 g/mol. The first kappa shape index (κ1) is 12.1. The van der Waals surface area contributed by atoms with Crippen LogP contribution < -0.4 is 5.56 Å². The molecule has 0 N–H and O–H groups in total. The summed E-state index contributed by atoms with van der Waals surface area (Å²) in [4.78, 5) is 16.5. The first-order chi connectivity index (χ1) is 9.33. The molecule has 0 radical (unpaired) electrons. The van der Waals surface area contributed by atoms with Crippen LogP contribution in [0.5, 0.6) is 0 Å². The fourth-order valence-electron chi connectivity index (χ4n) is 2.34. The van der Waals surface area contributed by atoms with Crippen molar-refractivity contribution < 1.29 is 4.74 Å². The Morgan fingerprint density at radius 2 is 2.16 bits per heavy atom. The third-order valence-corrected chi connectivity index (χ3v) is 3.43. The second kappa shape index (κ2) is 5.36. The molecule has 0 aliphatic carbocycles. The van der Waals surface area contributed by atoms with Gasteiger partial charge in [-0.15, -0.1) is 0 Å². The second-order valence-electron chi connectivity index (χ2n) is 4.86. The molecule has 1 aromatic heterocycles. The maximum absolute atomic E-state index is 12.1. The van der Waals surface area contributed by atoms with Crippen molar-refractivity contribution in [1.29, 1.82) is 0 Å². The standard InChI is InChI=1S/C15H16N2O2/c18-15-8-14(13-4-2-1-3-5-13)16-11-17(15)9-12-6-7-19-10-12/h1-5,8,11-12H,6-7,9-10H2. The van der Waals surface area contributed by atoms with Crippen molar-refractivity contribution in [3.05, 3.63) is 53.1 Å². The third kappa shape index (κ3) is 2.74. The van der Waals surface area contributed by atoms with E-state index in [1.54, 1.807) is 17.0 Å². The summed E-state index contributed by atoms with van der Waals surface area (Å²) in [5, 5.41) is 0. The Bertz CT molecular complexity index is 601. The lowest BCUT2D eigenvalue weighted by atomic mass is 10.1. The number of nitrogens with zero attached hydrogens (tertiary/aromatic N) is 2. The van der Waals surface area contributed by atoms with E-state index in [0.717, 1.165) is 30.9 Å². The lowest BCUT2D eigenvalue weighted by Gasteiger charge is -2.10. The van der Waals surface area contributed by atoms with Gasteiger partial charge in [0.1, 0.15) is 0 Å². The molecule has 2 heterocycles. The Morgan fingerprint density at radius 1 is 1.32 bits per heavy atom. The highest BCUT2D eigenvalue weighted by Gasteiger charge is 2.16. The van der Waals surface area contributed by atoms with Gasteiger partial charge in [0, 0.05) is 30.7 Å². The number of ether oxygens (including phenoxy) is 1. The van der Waals surface area contributed by atoms with Crippen LogP contribution in [-0.2, 0) is 11.3 Å². The maximum Gasteiger partial charge on any atom is 0.253 e. The molecule has 1 fully saturated rings. The Morgan fingerprint density at radius 3 is 2.84 bits per heavy atom. The molecule has 1 aromatic carbocycles. The topological polar surface area (TPSA) is 44.1 Å². The Hall–Kier alpha value is -1.94. The van der Waals surface area contributed by atoms with Crippen molar-refractivity contribution in [3.8, 4) is 11.3 Å². The highest BCUT2D eigenvalue weighted by atomic mass is 16.5. The van der Waals surface area contributed by atoms with E-state index in [1.165, 1.54) is 0 Å². The molecule has 1 unspecified atom stereocenters. The molecule has 4 nitrogen and oxygen atoms in total. The van der Waals surface area contributed by atoms with E-state index in [0.29, 0.717) is 12.5 Å². The molecule has 0 bridgehead atoms. The van der Waals surface area contributed by atoms with E-state index in [-0.39, 0.29) is 5.56 Å². The van der Waals surface area contributed by atoms with E-state index in [2.05, 4.69) is 4.98 Å². The maximum atomic E-state index is 12.1. The zero-order valence-electron chi connectivity index (χ0n) is 10.7. The molecule has 1 saturated heterocycles. The average Bonchev–Trinajstić information content (AvgIpc) is 2.95. The van der Waals surface area contributed by atoms with E-state index in [1.807, 2.05) is 30.3 Å². The molecule has 0 amide bonds. The van der Waals surface area contributed by atoms with Crippen LogP contribution >= 0.6 is 0 Å². The molecule has 98 valence electrons. The van der Waals surface area contributed by atoms with Gasteiger partial charge in [0.2, 0.25) is 0 Å². The summed E-state index contributed by atoms with van der Waals surface area (Å²) in [5.41, 5.74) is 1.70. The summed E-state index contributed by atoms with van der Waals surface area (Å²) in [6, 6.07) is 11.3. The van der Waals surface area contributed by atoms with Gasteiger partial charge >= 0.3 is 0 Å². The molecule has 0 spiro atoms. The van der Waals surface area contributed by atoms with Crippen LogP contribution in [0, 0.1) is 5.92 Å². The fraction of sp³-hybridized carbons (Fsp3) is 0.333. The quantitative estimate of drug-likeness (QED) is 0.843. The molecule has 1 aliphatic heterocycles. The summed E-state index contributed by atoms with van der Waals surface area (Å²) in [6.07, 6.45) is 2.66. The fourth-order valence-corrected chi connectivity index (χ4v) is 2.34. The molecule has 2 aromatic rings. The monoisotopic (exact) mass is 256 g/mol. The van der Waals surface area contributed by atoms with Crippen molar-refractivity contribution in [2.75, 3.05) is 13.2 Å². The van der Waals surface area contributed by atoms with Crippen molar-refractivity contribution in [1.82, 2.24) is 9.55 Å². The minimum atomic E-state index is 0.000697. The Balaban J connectivity index is 1.83. The number of rotatable bonds is 3. The molecular formula is C15H16N2O2. The minimum Gasteiger partial charge on any atom is -0.381 e. The van der Waals surface area contributed by atoms with Gasteiger partial charge < -0.3 is 4.74 Å². The van der Waals surface area contributed by atoms with Crippen LogP contribution in [-0.4, -0.2) is 22.8 Å². The normalized spacial score (nSPS) is 18.6. The Kier molecular flexibility index (Phi) is 3.42. The first-order valence-electron chi connectivity index (χ1n) is 6.52. The van der Waals surface area contributed by atoms with Gasteiger partial charge in [0.25, 0.3) is 5.56 Å². The van der Waals surface area contributed by atoms with Gasteiger partial charge in [-0.2, -0.15) is 0 Å². The SMILES string of the molecule is O=c1cc(-c2ccccc2)ncn1CC1CCOC1. The van der Waals surface area contributed by atoms with Crippen molar-refractivity contribution in [3.63, 3.8) is 0 Å². The summed E-state index contributed by atoms with van der Waals surface area (Å²) in [5.74, 6) is 0.432. The van der Waals surface area contributed by atoms with Gasteiger partial charge in [-0.25, -0.2) is 4.98 Å². The van der Waals surface area contributed by atoms with Crippen LogP contribution in [0.25, 0.3) is 11.3 Å². The first-order valence-corrected chi connectivity index (χ1v) is 6.52. The molecule has 1 aliphatic rings. The van der Waals surface area contributed by atoms with Crippen LogP contribution in [0.2, 0.25) is 0 Å². The summed E-state index contributed by atoms with van der Waals surface area (Å²) < 4.78 is 7.00. The van der Waals surface area contributed by atoms with E-state index in [4.69, 9.17) is 4.74 Å². The predicted molar refractivity (Wildman–Crippen MR) is 72.9 cm³/mol. The van der Waals surface area contributed by atoms with Crippen LogP contribution in [0.4, 0.5) is 0 Å². The zero-order chi connectivity index (χ0) is 13.1. The predicted octanol–water partition coefficient (Wildman–Crippen LogP) is 1.95. The Labute approximate surface area is 111 Å². The number of hydrogen-bond donors (Lipinski definition) is 0. The lowest BCUT2D eigenvalue weighted by molar-refractivity contribution is 0.182. The highest BCUT2D eigenvalue weighted by molar-refractivity contribution is 5.57. The molecule has 0 saturated carbocycles. The van der Waals surface area contributed by atoms with Gasteiger partial charge in [-0.1, -0.05) is 30.3 Å². The molecule has 3 rings (SSSR count). The highest BCUT2D eigenvalue weighted by Crippen LogP contribution is 2.15. The summed E-state index contributed by atoms with van der Waals surface area (Å²) in [7, 11) is 0. The van der Waals surface area contributed by atoms with Gasteiger partial charge in [-0.3, -0.25) is 9.36 Å². The number of hydrogen-bond acceptors (Lipinski definition) is 3. The molecule has 4 heteroatoms. The van der Waals surface area contributed by atoms with Crippen molar-refractivity contribution in [2.45, 2.75) is 13.0 Å². The lowest BCUT2D eigenvalue weighted by Crippen LogP contribution is -2.24. The molecular weight excluding hydrogens is 240 g/mol. The molecule has 1 atom stereocenters. The third-order valence-electron chi connectivity index (χ3n) is 3.43. The van der Waals surface area contributed by atoms with Crippen LogP contribution in [0.1, 0.15) is 6.42 Å². The number of aromatic nitrogens is 2. The number of benzene rings is 1. The largest absolute Gasteiger partial charge is 0.381 e. The second-order valence-corrected chi connectivity index (χ2v) is 4.86. The molecule has 19 heavy (non-hydrogen) atoms. The minimum absolute atomic E-state index is 0.000697. The zero-order valence-corrected chi connectivity index (χ0v) is 10.7. The van der Waals surface area contributed by atoms with E-state index >= 15 is 0 Å². The summed E-state index contributed by atoms with van der Waals surface area (Å²) >= 11 is 0. The van der Waals surface area contributed by atoms with Crippen molar-refractivity contribution >= 4 is 0 Å². The summed E-state index contributed by atoms with van der Waals surface area (Å²) in [6.45, 7) is 2.24. The van der Waals surface area contributed by atoms with Gasteiger partial charge in [-0.05, 0) is 6.42 Å². The smallest absolute Gasteiger partial charge is 0.253 e. The van der Waals surface area contributed by atoms with E-state index < -0.39 is 0 Å². The van der Waals surface area contributed by atoms with E-state index in [9.17, 15) is 4.79 Å². The van der Waals surface area contributed by atoms with Gasteiger partial charge in [0.15, 0.2) is 0 Å². The van der Waals surface area contributed by atoms with Crippen molar-refractivity contribution in [2.24, 2.45) is 5.92 Å². The van der Waals surface area contributed by atoms with Gasteiger partial charge in [0.05, 0.1) is 18.6 Å². The van der Waals surface area contributed by atoms with Crippen LogP contribution in [0.15, 0.2) is 47.5 Å².